The summed E-state index contributed by atoms with van der Waals surface area (Å²) in [6, 6.07) is 28.3. The molecule has 2 N–H and O–H groups in total. The predicted octanol–water partition coefficient (Wildman–Crippen LogP) is 4.36. The van der Waals surface area contributed by atoms with Crippen molar-refractivity contribution in [1.82, 2.24) is 9.78 Å². The number of rotatable bonds is 5. The number of aromatic nitrogens is 2. The highest BCUT2D eigenvalue weighted by Crippen LogP contribution is 2.25. The molecule has 4 aromatic rings. The smallest absolute Gasteiger partial charge is 0.233 e. The van der Waals surface area contributed by atoms with Crippen LogP contribution in [-0.4, -0.2) is 18.2 Å². The van der Waals surface area contributed by atoms with Gasteiger partial charge in [0.15, 0.2) is 0 Å². The molecule has 0 aliphatic carbocycles. The maximum absolute atomic E-state index is 11.5. The van der Waals surface area contributed by atoms with Crippen LogP contribution in [0, 0.1) is 0 Å². The van der Waals surface area contributed by atoms with Gasteiger partial charge in [-0.3, -0.25) is 0 Å². The molecule has 0 aliphatic heterocycles. The molecule has 5 nitrogen and oxygen atoms in total. The van der Waals surface area contributed by atoms with Crippen molar-refractivity contribution in [3.05, 3.63) is 102 Å². The van der Waals surface area contributed by atoms with Gasteiger partial charge in [-0.25, -0.2) is 18.2 Å². The third-order valence-electron chi connectivity index (χ3n) is 4.45. The van der Waals surface area contributed by atoms with E-state index in [9.17, 15) is 8.42 Å². The largest absolute Gasteiger partial charge is 0.238 e. The topological polar surface area (TPSA) is 78.0 Å². The minimum absolute atomic E-state index is 0.0684. The SMILES string of the molecule is NS(=O)(=O)c1ccc(-n2nc(/C=C/c3ccccc3)cc2-c2ccccc2)cc1. The highest BCUT2D eigenvalue weighted by molar-refractivity contribution is 7.89. The molecule has 29 heavy (non-hydrogen) atoms. The molecular formula is C23H19N3O2S. The fourth-order valence-electron chi connectivity index (χ4n) is 3.01. The second-order valence-electron chi connectivity index (χ2n) is 6.52. The van der Waals surface area contributed by atoms with E-state index in [-0.39, 0.29) is 4.90 Å². The Morgan fingerprint density at radius 1 is 0.793 bits per heavy atom. The van der Waals surface area contributed by atoms with E-state index in [0.717, 1.165) is 28.2 Å². The number of primary sulfonamides is 1. The Balaban J connectivity index is 1.77. The van der Waals surface area contributed by atoms with Gasteiger partial charge in [0.1, 0.15) is 0 Å². The van der Waals surface area contributed by atoms with Crippen molar-refractivity contribution in [2.24, 2.45) is 5.14 Å². The van der Waals surface area contributed by atoms with Gasteiger partial charge >= 0.3 is 0 Å². The van der Waals surface area contributed by atoms with Crippen molar-refractivity contribution in [3.8, 4) is 16.9 Å². The molecule has 0 fully saturated rings. The first-order valence-electron chi connectivity index (χ1n) is 9.02. The minimum Gasteiger partial charge on any atom is -0.233 e. The molecular weight excluding hydrogens is 382 g/mol. The lowest BCUT2D eigenvalue weighted by Gasteiger charge is -2.08. The van der Waals surface area contributed by atoms with Crippen LogP contribution in [0.5, 0.6) is 0 Å². The lowest BCUT2D eigenvalue weighted by Crippen LogP contribution is -2.12. The fourth-order valence-corrected chi connectivity index (χ4v) is 3.53. The van der Waals surface area contributed by atoms with Crippen LogP contribution >= 0.6 is 0 Å². The summed E-state index contributed by atoms with van der Waals surface area (Å²) >= 11 is 0. The van der Waals surface area contributed by atoms with E-state index in [1.54, 1.807) is 16.8 Å². The van der Waals surface area contributed by atoms with Crippen LogP contribution < -0.4 is 5.14 Å². The van der Waals surface area contributed by atoms with Gasteiger partial charge in [-0.1, -0.05) is 66.7 Å². The minimum atomic E-state index is -3.74. The van der Waals surface area contributed by atoms with E-state index in [2.05, 4.69) is 0 Å². The summed E-state index contributed by atoms with van der Waals surface area (Å²) in [5.41, 5.74) is 4.54. The Hall–Kier alpha value is -3.48. The lowest BCUT2D eigenvalue weighted by molar-refractivity contribution is 0.598. The molecule has 6 heteroatoms. The Morgan fingerprint density at radius 3 is 2.03 bits per heavy atom. The van der Waals surface area contributed by atoms with E-state index >= 15 is 0 Å². The molecule has 0 spiro atoms. The summed E-state index contributed by atoms with van der Waals surface area (Å²) in [5.74, 6) is 0. The van der Waals surface area contributed by atoms with Crippen molar-refractivity contribution >= 4 is 22.2 Å². The summed E-state index contributed by atoms with van der Waals surface area (Å²) in [6.07, 6.45) is 3.96. The van der Waals surface area contributed by atoms with Crippen LogP contribution in [0.1, 0.15) is 11.3 Å². The van der Waals surface area contributed by atoms with Crippen LogP contribution in [-0.2, 0) is 10.0 Å². The van der Waals surface area contributed by atoms with Gasteiger partial charge in [-0.15, -0.1) is 0 Å². The zero-order valence-electron chi connectivity index (χ0n) is 15.5. The molecule has 0 bridgehead atoms. The maximum Gasteiger partial charge on any atom is 0.238 e. The summed E-state index contributed by atoms with van der Waals surface area (Å²) in [7, 11) is -3.74. The molecule has 144 valence electrons. The molecule has 0 radical (unpaired) electrons. The quantitative estimate of drug-likeness (QED) is 0.540. The average molecular weight is 401 g/mol. The monoisotopic (exact) mass is 401 g/mol. The standard InChI is InChI=1S/C23H19N3O2S/c24-29(27,28)22-15-13-21(14-16-22)26-23(19-9-5-2-6-10-19)17-20(25-26)12-11-18-7-3-1-4-8-18/h1-17H,(H2,24,27,28)/b12-11+. The second-order valence-corrected chi connectivity index (χ2v) is 8.08. The van der Waals surface area contributed by atoms with Crippen molar-refractivity contribution < 1.29 is 8.42 Å². The van der Waals surface area contributed by atoms with Gasteiger partial charge in [0.2, 0.25) is 10.0 Å². The number of nitrogens with zero attached hydrogens (tertiary/aromatic N) is 2. The second kappa shape index (κ2) is 7.87. The Labute approximate surface area is 169 Å². The van der Waals surface area contributed by atoms with Gasteiger partial charge in [0, 0.05) is 5.56 Å². The fraction of sp³-hybridized carbons (Fsp3) is 0. The molecule has 0 atom stereocenters. The molecule has 4 rings (SSSR count). The first-order chi connectivity index (χ1) is 14.0. The van der Waals surface area contributed by atoms with Gasteiger partial charge in [-0.05, 0) is 42.0 Å². The van der Waals surface area contributed by atoms with Crippen LogP contribution in [0.2, 0.25) is 0 Å². The van der Waals surface area contributed by atoms with Crippen LogP contribution in [0.15, 0.2) is 95.9 Å². The summed E-state index contributed by atoms with van der Waals surface area (Å²) in [5, 5.41) is 9.92. The molecule has 0 saturated carbocycles. The van der Waals surface area contributed by atoms with Gasteiger partial charge in [0.05, 0.1) is 22.0 Å². The van der Waals surface area contributed by atoms with Gasteiger partial charge in [0.25, 0.3) is 0 Å². The third kappa shape index (κ3) is 4.34. The number of sulfonamides is 1. The molecule has 0 unspecified atom stereocenters. The molecule has 1 heterocycles. The first-order valence-corrected chi connectivity index (χ1v) is 10.6. The van der Waals surface area contributed by atoms with Crippen LogP contribution in [0.4, 0.5) is 0 Å². The Kier molecular flexibility index (Phi) is 5.12. The third-order valence-corrected chi connectivity index (χ3v) is 5.38. The summed E-state index contributed by atoms with van der Waals surface area (Å²) in [6.45, 7) is 0. The Morgan fingerprint density at radius 2 is 1.41 bits per heavy atom. The summed E-state index contributed by atoms with van der Waals surface area (Å²) < 4.78 is 24.9. The first kappa shape index (κ1) is 18.9. The predicted molar refractivity (Wildman–Crippen MR) is 116 cm³/mol. The molecule has 0 aliphatic rings. The zero-order valence-corrected chi connectivity index (χ0v) is 16.3. The zero-order chi connectivity index (χ0) is 20.3. The van der Waals surface area contributed by atoms with Crippen molar-refractivity contribution in [2.75, 3.05) is 0 Å². The van der Waals surface area contributed by atoms with Crippen molar-refractivity contribution in [3.63, 3.8) is 0 Å². The highest BCUT2D eigenvalue weighted by Gasteiger charge is 2.12. The van der Waals surface area contributed by atoms with Crippen LogP contribution in [0.3, 0.4) is 0 Å². The average Bonchev–Trinajstić information content (AvgIpc) is 3.17. The van der Waals surface area contributed by atoms with Crippen molar-refractivity contribution in [2.45, 2.75) is 4.90 Å². The highest BCUT2D eigenvalue weighted by atomic mass is 32.2. The summed E-state index contributed by atoms with van der Waals surface area (Å²) in [4.78, 5) is 0.0684. The lowest BCUT2D eigenvalue weighted by atomic mass is 10.1. The van der Waals surface area contributed by atoms with Gasteiger partial charge < -0.3 is 0 Å². The van der Waals surface area contributed by atoms with E-state index in [1.807, 2.05) is 78.9 Å². The molecule has 1 aromatic heterocycles. The van der Waals surface area contributed by atoms with E-state index in [0.29, 0.717) is 0 Å². The maximum atomic E-state index is 11.5. The Bertz CT molecular complexity index is 1240. The number of benzene rings is 3. The van der Waals surface area contributed by atoms with E-state index in [1.165, 1.54) is 12.1 Å². The van der Waals surface area contributed by atoms with Crippen LogP contribution in [0.25, 0.3) is 29.1 Å². The van der Waals surface area contributed by atoms with Crippen molar-refractivity contribution in [1.29, 1.82) is 0 Å². The molecule has 0 amide bonds. The number of hydrogen-bond donors (Lipinski definition) is 1. The van der Waals surface area contributed by atoms with Gasteiger partial charge in [-0.2, -0.15) is 5.10 Å². The van der Waals surface area contributed by atoms with E-state index in [4.69, 9.17) is 10.2 Å². The number of nitrogens with two attached hydrogens (primary N) is 1. The van der Waals surface area contributed by atoms with E-state index < -0.39 is 10.0 Å². The molecule has 0 saturated heterocycles. The molecule has 3 aromatic carbocycles. The number of hydrogen-bond acceptors (Lipinski definition) is 3. The normalized spacial score (nSPS) is 11.8.